The third-order valence-electron chi connectivity index (χ3n) is 3.75. The Morgan fingerprint density at radius 3 is 1.97 bits per heavy atom. The van der Waals surface area contributed by atoms with Crippen LogP contribution in [0.2, 0.25) is 0 Å². The number of carboxylic acid groups (broad SMARTS) is 2. The van der Waals surface area contributed by atoms with E-state index in [1.54, 1.807) is 13.8 Å². The van der Waals surface area contributed by atoms with Gasteiger partial charge in [-0.15, -0.1) is 0 Å². The van der Waals surface area contributed by atoms with Gasteiger partial charge in [0.15, 0.2) is 0 Å². The molecule has 0 saturated heterocycles. The van der Waals surface area contributed by atoms with E-state index in [1.807, 2.05) is 20.8 Å². The van der Waals surface area contributed by atoms with Crippen molar-refractivity contribution in [2.45, 2.75) is 77.2 Å². The van der Waals surface area contributed by atoms with Gasteiger partial charge in [0.1, 0.15) is 6.04 Å². The highest BCUT2D eigenvalue weighted by Crippen LogP contribution is 2.02. The van der Waals surface area contributed by atoms with Crippen LogP contribution >= 0.6 is 0 Å². The molecule has 0 fully saturated rings. The number of carbonyl (C=O) groups excluding carboxylic acids is 2. The van der Waals surface area contributed by atoms with E-state index in [0.29, 0.717) is 0 Å². The average Bonchev–Trinajstić information content (AvgIpc) is 2.57. The van der Waals surface area contributed by atoms with Crippen molar-refractivity contribution in [1.29, 1.82) is 0 Å². The van der Waals surface area contributed by atoms with Crippen LogP contribution in [-0.2, 0) is 19.2 Å². The Morgan fingerprint density at radius 2 is 1.55 bits per heavy atom. The van der Waals surface area contributed by atoms with E-state index in [-0.39, 0.29) is 37.5 Å². The lowest BCUT2D eigenvalue weighted by Gasteiger charge is -2.27. The highest BCUT2D eigenvalue weighted by Gasteiger charge is 2.28. The standard InChI is InChI=1S/C18H35N5O6/c1-10(2)21-11(6-7-14(24)25)16(27)22-13(17(28)29)9-20-15(26)12(8-19)23-18(3,4)5/h10-13,21,23H,6-9,19H2,1-5H3,(H,20,26)(H,22,27)(H,24,25)(H,28,29)/t11-,12-,13?/m0/s1. The molecule has 0 radical (unpaired) electrons. The number of aliphatic carboxylic acids is 2. The molecular formula is C18H35N5O6. The fourth-order valence-electron chi connectivity index (χ4n) is 2.51. The molecule has 11 nitrogen and oxygen atoms in total. The second kappa shape index (κ2) is 12.3. The topological polar surface area (TPSA) is 183 Å². The molecule has 0 saturated carbocycles. The number of carboxylic acids is 2. The van der Waals surface area contributed by atoms with E-state index in [2.05, 4.69) is 21.3 Å². The number of nitrogens with one attached hydrogen (secondary N) is 4. The molecule has 0 bridgehead atoms. The first-order valence-corrected chi connectivity index (χ1v) is 9.53. The van der Waals surface area contributed by atoms with Crippen molar-refractivity contribution in [3.63, 3.8) is 0 Å². The van der Waals surface area contributed by atoms with Crippen LogP contribution in [0.25, 0.3) is 0 Å². The van der Waals surface area contributed by atoms with Gasteiger partial charge in [-0.3, -0.25) is 14.4 Å². The quantitative estimate of drug-likeness (QED) is 0.190. The summed E-state index contributed by atoms with van der Waals surface area (Å²) < 4.78 is 0. The van der Waals surface area contributed by atoms with Gasteiger partial charge in [-0.05, 0) is 27.2 Å². The van der Waals surface area contributed by atoms with Crippen molar-refractivity contribution >= 4 is 23.8 Å². The van der Waals surface area contributed by atoms with E-state index in [0.717, 1.165) is 0 Å². The van der Waals surface area contributed by atoms with Crippen LogP contribution in [-0.4, -0.2) is 76.8 Å². The minimum atomic E-state index is -1.37. The zero-order chi connectivity index (χ0) is 22.8. The lowest BCUT2D eigenvalue weighted by atomic mass is 10.1. The molecule has 0 aliphatic heterocycles. The predicted molar refractivity (Wildman–Crippen MR) is 107 cm³/mol. The molecule has 0 rings (SSSR count). The highest BCUT2D eigenvalue weighted by atomic mass is 16.4. The van der Waals surface area contributed by atoms with Crippen LogP contribution < -0.4 is 27.0 Å². The number of amides is 2. The maximum atomic E-state index is 12.5. The SMILES string of the molecule is CC(C)N[C@@H](CCC(=O)O)C(=O)NC(CNC(=O)[C@H](CN)NC(C)(C)C)C(=O)O. The van der Waals surface area contributed by atoms with Gasteiger partial charge in [0.2, 0.25) is 11.8 Å². The summed E-state index contributed by atoms with van der Waals surface area (Å²) >= 11 is 0. The first-order valence-electron chi connectivity index (χ1n) is 9.53. The molecule has 29 heavy (non-hydrogen) atoms. The first-order chi connectivity index (χ1) is 13.3. The summed E-state index contributed by atoms with van der Waals surface area (Å²) in [7, 11) is 0. The second-order valence-electron chi connectivity index (χ2n) is 8.13. The molecule has 0 aliphatic rings. The number of hydrogen-bond acceptors (Lipinski definition) is 7. The van der Waals surface area contributed by atoms with Gasteiger partial charge in [-0.1, -0.05) is 13.8 Å². The average molecular weight is 418 g/mol. The fraction of sp³-hybridized carbons (Fsp3) is 0.778. The van der Waals surface area contributed by atoms with Crippen LogP contribution in [0.5, 0.6) is 0 Å². The van der Waals surface area contributed by atoms with Crippen LogP contribution in [0.4, 0.5) is 0 Å². The summed E-state index contributed by atoms with van der Waals surface area (Å²) in [6, 6.07) is -3.08. The minimum absolute atomic E-state index is 0.00277. The molecule has 0 spiro atoms. The van der Waals surface area contributed by atoms with Crippen molar-refractivity contribution in [3.8, 4) is 0 Å². The van der Waals surface area contributed by atoms with Gasteiger partial charge in [0.25, 0.3) is 0 Å². The van der Waals surface area contributed by atoms with Crippen LogP contribution in [0, 0.1) is 0 Å². The zero-order valence-corrected chi connectivity index (χ0v) is 17.7. The van der Waals surface area contributed by atoms with Gasteiger partial charge < -0.3 is 37.2 Å². The zero-order valence-electron chi connectivity index (χ0n) is 17.7. The normalized spacial score (nSPS) is 14.7. The summed E-state index contributed by atoms with van der Waals surface area (Å²) in [5.41, 5.74) is 5.23. The molecule has 0 aromatic carbocycles. The van der Waals surface area contributed by atoms with E-state index >= 15 is 0 Å². The Morgan fingerprint density at radius 1 is 0.966 bits per heavy atom. The smallest absolute Gasteiger partial charge is 0.328 e. The van der Waals surface area contributed by atoms with Gasteiger partial charge in [-0.25, -0.2) is 4.79 Å². The maximum Gasteiger partial charge on any atom is 0.328 e. The van der Waals surface area contributed by atoms with Crippen molar-refractivity contribution in [3.05, 3.63) is 0 Å². The molecule has 0 aromatic rings. The van der Waals surface area contributed by atoms with Crippen LogP contribution in [0.15, 0.2) is 0 Å². The Kier molecular flexibility index (Phi) is 11.4. The Bertz CT molecular complexity index is 576. The summed E-state index contributed by atoms with van der Waals surface area (Å²) in [5, 5.41) is 29.0. The summed E-state index contributed by atoms with van der Waals surface area (Å²) in [6.45, 7) is 8.83. The number of hydrogen-bond donors (Lipinski definition) is 7. The van der Waals surface area contributed by atoms with Gasteiger partial charge in [0.05, 0.1) is 12.1 Å². The Balaban J connectivity index is 4.98. The molecule has 1 unspecified atom stereocenters. The van der Waals surface area contributed by atoms with Crippen molar-refractivity contribution in [1.82, 2.24) is 21.3 Å². The third kappa shape index (κ3) is 12.0. The lowest BCUT2D eigenvalue weighted by molar-refractivity contribution is -0.142. The Hall–Kier alpha value is -2.24. The number of rotatable bonds is 13. The first kappa shape index (κ1) is 26.8. The molecule has 0 aliphatic carbocycles. The lowest BCUT2D eigenvalue weighted by Crippen LogP contribution is -2.58. The van der Waals surface area contributed by atoms with E-state index in [1.165, 1.54) is 0 Å². The van der Waals surface area contributed by atoms with Crippen molar-refractivity contribution in [2.75, 3.05) is 13.1 Å². The maximum absolute atomic E-state index is 12.5. The number of carbonyl (C=O) groups is 4. The van der Waals surface area contributed by atoms with Gasteiger partial charge in [-0.2, -0.15) is 0 Å². The van der Waals surface area contributed by atoms with E-state index < -0.39 is 41.9 Å². The molecule has 2 amide bonds. The van der Waals surface area contributed by atoms with E-state index in [4.69, 9.17) is 10.8 Å². The van der Waals surface area contributed by atoms with Gasteiger partial charge >= 0.3 is 11.9 Å². The summed E-state index contributed by atoms with van der Waals surface area (Å²) in [4.78, 5) is 47.0. The van der Waals surface area contributed by atoms with Crippen molar-refractivity contribution < 1.29 is 29.4 Å². The minimum Gasteiger partial charge on any atom is -0.481 e. The summed E-state index contributed by atoms with van der Waals surface area (Å²) in [5.74, 6) is -3.52. The molecule has 0 aromatic heterocycles. The monoisotopic (exact) mass is 417 g/mol. The number of nitrogens with two attached hydrogens (primary N) is 1. The molecule has 0 heterocycles. The predicted octanol–water partition coefficient (Wildman–Crippen LogP) is -1.38. The van der Waals surface area contributed by atoms with Crippen LogP contribution in [0.1, 0.15) is 47.5 Å². The highest BCUT2D eigenvalue weighted by molar-refractivity contribution is 5.88. The van der Waals surface area contributed by atoms with E-state index in [9.17, 15) is 24.3 Å². The molecule has 8 N–H and O–H groups in total. The molecule has 11 heteroatoms. The molecular weight excluding hydrogens is 382 g/mol. The van der Waals surface area contributed by atoms with Crippen LogP contribution in [0.3, 0.4) is 0 Å². The fourth-order valence-corrected chi connectivity index (χ4v) is 2.51. The molecule has 168 valence electrons. The summed E-state index contributed by atoms with van der Waals surface area (Å²) in [6.07, 6.45) is -0.244. The Labute approximate surface area is 171 Å². The molecule has 3 atom stereocenters. The van der Waals surface area contributed by atoms with Gasteiger partial charge in [0, 0.05) is 31.1 Å². The largest absolute Gasteiger partial charge is 0.481 e. The third-order valence-corrected chi connectivity index (χ3v) is 3.75. The van der Waals surface area contributed by atoms with Crippen molar-refractivity contribution in [2.24, 2.45) is 5.73 Å². The second-order valence-corrected chi connectivity index (χ2v) is 8.13.